The van der Waals surface area contributed by atoms with Crippen molar-refractivity contribution in [3.8, 4) is 5.88 Å². The lowest BCUT2D eigenvalue weighted by Gasteiger charge is -2.25. The first-order valence-electron chi connectivity index (χ1n) is 14.4. The SMILES string of the molecule is COc1ccc(N(C)C(=O)[C@H](Cc2ccccc2)NC(=O)Cc2c(C)n(Cc3ccccn3)c3c(C)ccc(C)c23)cn1. The standard InChI is InChI=1S/C35H37N5O3/c1-23-14-15-24(2)34-33(23)29(25(3)40(34)22-27-13-9-10-18-36-27)20-31(41)38-30(19-26-11-7-6-8-12-26)35(42)39(4)28-16-17-32(43-5)37-21-28/h6-18,21,30H,19-20,22H2,1-5H3,(H,38,41)/t30-/m0/s1. The van der Waals surface area contributed by atoms with Gasteiger partial charge in [-0.05, 0) is 61.2 Å². The molecule has 0 fully saturated rings. The van der Waals surface area contributed by atoms with Crippen LogP contribution in [0.3, 0.4) is 0 Å². The van der Waals surface area contributed by atoms with Crippen LogP contribution in [0.2, 0.25) is 0 Å². The number of pyridine rings is 2. The van der Waals surface area contributed by atoms with Crippen molar-refractivity contribution in [1.29, 1.82) is 0 Å². The monoisotopic (exact) mass is 575 g/mol. The molecule has 3 aromatic heterocycles. The first kappa shape index (κ1) is 29.5. The quantitative estimate of drug-likeness (QED) is 0.243. The maximum absolute atomic E-state index is 13.8. The number of carbonyl (C=O) groups is 2. The molecule has 43 heavy (non-hydrogen) atoms. The van der Waals surface area contributed by atoms with Crippen LogP contribution in [-0.4, -0.2) is 46.5 Å². The van der Waals surface area contributed by atoms with Crippen LogP contribution in [0.15, 0.2) is 85.2 Å². The Balaban J connectivity index is 1.45. The molecule has 2 amide bonds. The molecule has 8 heteroatoms. The largest absolute Gasteiger partial charge is 0.481 e. The van der Waals surface area contributed by atoms with E-state index >= 15 is 0 Å². The summed E-state index contributed by atoms with van der Waals surface area (Å²) in [4.78, 5) is 37.9. The maximum atomic E-state index is 13.8. The zero-order valence-electron chi connectivity index (χ0n) is 25.3. The minimum atomic E-state index is -0.771. The lowest BCUT2D eigenvalue weighted by Crippen LogP contribution is -2.49. The summed E-state index contributed by atoms with van der Waals surface area (Å²) in [5, 5.41) is 4.15. The van der Waals surface area contributed by atoms with E-state index in [9.17, 15) is 9.59 Å². The number of carbonyl (C=O) groups excluding carboxylic acids is 2. The highest BCUT2D eigenvalue weighted by Gasteiger charge is 2.27. The number of benzene rings is 2. The Morgan fingerprint density at radius 3 is 2.35 bits per heavy atom. The van der Waals surface area contributed by atoms with Crippen LogP contribution in [0.25, 0.3) is 10.9 Å². The van der Waals surface area contributed by atoms with Crippen LogP contribution in [0, 0.1) is 20.8 Å². The van der Waals surface area contributed by atoms with Crippen LogP contribution in [0.1, 0.15) is 33.6 Å². The Hall–Kier alpha value is -4.98. The number of aryl methyl sites for hydroxylation is 2. The molecule has 1 atom stereocenters. The molecule has 220 valence electrons. The Morgan fingerprint density at radius 1 is 0.930 bits per heavy atom. The molecule has 0 saturated carbocycles. The number of hydrogen-bond donors (Lipinski definition) is 1. The fourth-order valence-electron chi connectivity index (χ4n) is 5.61. The van der Waals surface area contributed by atoms with Crippen molar-refractivity contribution in [2.24, 2.45) is 0 Å². The van der Waals surface area contributed by atoms with E-state index in [1.807, 2.05) is 48.5 Å². The molecule has 0 aliphatic carbocycles. The summed E-state index contributed by atoms with van der Waals surface area (Å²) in [5.41, 5.74) is 7.84. The number of methoxy groups -OCH3 is 1. The van der Waals surface area contributed by atoms with Gasteiger partial charge >= 0.3 is 0 Å². The van der Waals surface area contributed by atoms with Gasteiger partial charge in [-0.25, -0.2) is 4.98 Å². The molecule has 1 N–H and O–H groups in total. The average Bonchev–Trinajstić information content (AvgIpc) is 3.30. The molecular weight excluding hydrogens is 538 g/mol. The molecule has 0 aliphatic heterocycles. The summed E-state index contributed by atoms with van der Waals surface area (Å²) >= 11 is 0. The number of amides is 2. The third-order valence-corrected chi connectivity index (χ3v) is 7.95. The van der Waals surface area contributed by atoms with E-state index in [1.54, 1.807) is 38.7 Å². The lowest BCUT2D eigenvalue weighted by molar-refractivity contribution is -0.127. The highest BCUT2D eigenvalue weighted by atomic mass is 16.5. The minimum Gasteiger partial charge on any atom is -0.481 e. The summed E-state index contributed by atoms with van der Waals surface area (Å²) in [6, 6.07) is 22.5. The van der Waals surface area contributed by atoms with Gasteiger partial charge in [-0.15, -0.1) is 0 Å². The van der Waals surface area contributed by atoms with Crippen molar-refractivity contribution in [2.45, 2.75) is 46.2 Å². The number of anilines is 1. The van der Waals surface area contributed by atoms with Crippen LogP contribution in [0.5, 0.6) is 5.88 Å². The highest BCUT2D eigenvalue weighted by molar-refractivity contribution is 6.00. The van der Waals surface area contributed by atoms with E-state index in [1.165, 1.54) is 4.90 Å². The molecule has 3 heterocycles. The molecule has 5 rings (SSSR count). The fraction of sp³-hybridized carbons (Fsp3) is 0.257. The van der Waals surface area contributed by atoms with Crippen molar-refractivity contribution in [3.63, 3.8) is 0 Å². The van der Waals surface area contributed by atoms with Gasteiger partial charge in [0.25, 0.3) is 0 Å². The Bertz CT molecular complexity index is 1730. The summed E-state index contributed by atoms with van der Waals surface area (Å²) in [6.45, 7) is 6.83. The zero-order chi connectivity index (χ0) is 30.5. The van der Waals surface area contributed by atoms with E-state index in [4.69, 9.17) is 4.74 Å². The van der Waals surface area contributed by atoms with Gasteiger partial charge in [0.05, 0.1) is 43.2 Å². The Labute approximate surface area is 252 Å². The number of hydrogen-bond acceptors (Lipinski definition) is 5. The third kappa shape index (κ3) is 6.43. The Morgan fingerprint density at radius 2 is 1.67 bits per heavy atom. The molecule has 0 saturated heterocycles. The maximum Gasteiger partial charge on any atom is 0.249 e. The number of nitrogens with zero attached hydrogens (tertiary/aromatic N) is 4. The van der Waals surface area contributed by atoms with Crippen molar-refractivity contribution < 1.29 is 14.3 Å². The molecule has 5 aromatic rings. The first-order chi connectivity index (χ1) is 20.8. The smallest absolute Gasteiger partial charge is 0.249 e. The second kappa shape index (κ2) is 12.9. The topological polar surface area (TPSA) is 89.4 Å². The number of likely N-dealkylation sites (N-methyl/N-ethyl adjacent to an activating group) is 1. The molecular formula is C35H37N5O3. The predicted molar refractivity (Wildman–Crippen MR) is 169 cm³/mol. The van der Waals surface area contributed by atoms with E-state index in [-0.39, 0.29) is 18.2 Å². The van der Waals surface area contributed by atoms with Gasteiger partial charge in [-0.1, -0.05) is 48.5 Å². The van der Waals surface area contributed by atoms with Crippen LogP contribution in [0.4, 0.5) is 5.69 Å². The van der Waals surface area contributed by atoms with E-state index in [2.05, 4.69) is 52.8 Å². The summed E-state index contributed by atoms with van der Waals surface area (Å²) in [7, 11) is 3.24. The number of fused-ring (bicyclic) bond motifs is 1. The second-order valence-corrected chi connectivity index (χ2v) is 10.8. The van der Waals surface area contributed by atoms with Crippen LogP contribution < -0.4 is 15.0 Å². The lowest BCUT2D eigenvalue weighted by atomic mass is 10.00. The molecule has 8 nitrogen and oxygen atoms in total. The van der Waals surface area contributed by atoms with Gasteiger partial charge in [-0.3, -0.25) is 14.6 Å². The Kier molecular flexibility index (Phi) is 8.85. The van der Waals surface area contributed by atoms with Crippen molar-refractivity contribution in [1.82, 2.24) is 19.9 Å². The molecule has 0 spiro atoms. The second-order valence-electron chi connectivity index (χ2n) is 10.8. The van der Waals surface area contributed by atoms with Crippen molar-refractivity contribution in [2.75, 3.05) is 19.1 Å². The predicted octanol–water partition coefficient (Wildman–Crippen LogP) is 5.35. The summed E-state index contributed by atoms with van der Waals surface area (Å²) < 4.78 is 7.41. The van der Waals surface area contributed by atoms with Crippen LogP contribution >= 0.6 is 0 Å². The van der Waals surface area contributed by atoms with E-state index < -0.39 is 6.04 Å². The van der Waals surface area contributed by atoms with E-state index in [0.717, 1.165) is 44.5 Å². The minimum absolute atomic E-state index is 0.147. The normalized spacial score (nSPS) is 11.7. The number of aromatic nitrogens is 3. The van der Waals surface area contributed by atoms with Gasteiger partial charge in [0, 0.05) is 36.8 Å². The molecule has 2 aromatic carbocycles. The van der Waals surface area contributed by atoms with Crippen molar-refractivity contribution >= 4 is 28.4 Å². The van der Waals surface area contributed by atoms with Gasteiger partial charge in [0.2, 0.25) is 17.7 Å². The summed E-state index contributed by atoms with van der Waals surface area (Å²) in [5.74, 6) is 0.0174. The highest BCUT2D eigenvalue weighted by Crippen LogP contribution is 2.32. The summed E-state index contributed by atoms with van der Waals surface area (Å²) in [6.07, 6.45) is 3.89. The zero-order valence-corrected chi connectivity index (χ0v) is 25.3. The fourth-order valence-corrected chi connectivity index (χ4v) is 5.61. The molecule has 0 radical (unpaired) electrons. The van der Waals surface area contributed by atoms with Gasteiger partial charge < -0.3 is 19.5 Å². The number of ether oxygens (including phenoxy) is 1. The first-order valence-corrected chi connectivity index (χ1v) is 14.4. The van der Waals surface area contributed by atoms with Gasteiger partial charge in [0.15, 0.2) is 0 Å². The average molecular weight is 576 g/mol. The van der Waals surface area contributed by atoms with Gasteiger partial charge in [0.1, 0.15) is 6.04 Å². The number of rotatable bonds is 10. The van der Waals surface area contributed by atoms with E-state index in [0.29, 0.717) is 24.5 Å². The third-order valence-electron chi connectivity index (χ3n) is 7.95. The molecule has 0 aliphatic rings. The van der Waals surface area contributed by atoms with Gasteiger partial charge in [-0.2, -0.15) is 0 Å². The molecule has 0 unspecified atom stereocenters. The van der Waals surface area contributed by atoms with Crippen molar-refractivity contribution in [3.05, 3.63) is 119 Å². The molecule has 0 bridgehead atoms. The number of nitrogens with one attached hydrogen (secondary N) is 1. The van der Waals surface area contributed by atoms with Crippen LogP contribution in [-0.2, 0) is 29.0 Å².